The van der Waals surface area contributed by atoms with Crippen molar-refractivity contribution in [1.29, 1.82) is 0 Å². The number of alkyl carbamates (subject to hydrolysis) is 1. The molecule has 0 aliphatic heterocycles. The van der Waals surface area contributed by atoms with Gasteiger partial charge in [-0.05, 0) is 67.4 Å². The number of hydrogen-bond acceptors (Lipinski definition) is 14. The van der Waals surface area contributed by atoms with Crippen molar-refractivity contribution in [2.75, 3.05) is 14.2 Å². The smallest absolute Gasteiger partial charge is 0.407 e. The first-order valence-corrected chi connectivity index (χ1v) is 29.1. The van der Waals surface area contributed by atoms with Crippen molar-refractivity contribution in [3.8, 4) is 0 Å². The van der Waals surface area contributed by atoms with Crippen LogP contribution in [0.25, 0.3) is 0 Å². The Morgan fingerprint density at radius 1 is 0.923 bits per heavy atom. The van der Waals surface area contributed by atoms with Crippen molar-refractivity contribution >= 4 is 52.5 Å². The molecule has 78 heavy (non-hydrogen) atoms. The third kappa shape index (κ3) is 22.5. The molecule has 8 atom stereocenters. The van der Waals surface area contributed by atoms with Crippen LogP contribution in [0.3, 0.4) is 0 Å². The zero-order chi connectivity index (χ0) is 57.2. The summed E-state index contributed by atoms with van der Waals surface area (Å²) in [5.74, 6) is -0.954. The summed E-state index contributed by atoms with van der Waals surface area (Å²) in [6.45, 7) is 14.5. The van der Waals surface area contributed by atoms with Crippen LogP contribution in [0.2, 0.25) is 0 Å². The number of benzene rings is 2. The number of carbonyl (C=O) groups is 5. The van der Waals surface area contributed by atoms with Crippen LogP contribution >= 0.6 is 22.7 Å². The number of aromatic nitrogens is 2. The Morgan fingerprint density at radius 3 is 2.21 bits per heavy atom. The normalized spacial score (nSPS) is 17.5. The van der Waals surface area contributed by atoms with E-state index in [1.807, 2.05) is 99.8 Å². The number of nitrogens with one attached hydrogen (secondary N) is 3. The first kappa shape index (κ1) is 64.7. The van der Waals surface area contributed by atoms with Gasteiger partial charge < -0.3 is 45.6 Å². The molecule has 5 rings (SSSR count). The Kier molecular flexibility index (Phi) is 27.9. The van der Waals surface area contributed by atoms with E-state index in [4.69, 9.17) is 4.74 Å². The van der Waals surface area contributed by atoms with E-state index in [0.717, 1.165) is 65.2 Å². The summed E-state index contributed by atoms with van der Waals surface area (Å²) in [6.07, 6.45) is 12.9. The molecule has 1 saturated carbocycles. The lowest BCUT2D eigenvalue weighted by Gasteiger charge is -2.30. The largest absolute Gasteiger partial charge is 0.466 e. The maximum Gasteiger partial charge on any atom is 0.407 e. The van der Waals surface area contributed by atoms with Crippen LogP contribution < -0.4 is 16.0 Å². The van der Waals surface area contributed by atoms with Gasteiger partial charge in [-0.15, -0.1) is 22.7 Å². The fourth-order valence-corrected chi connectivity index (χ4v) is 10.5. The summed E-state index contributed by atoms with van der Waals surface area (Å²) in [6, 6.07) is 16.8. The van der Waals surface area contributed by atoms with E-state index in [2.05, 4.69) is 51.4 Å². The summed E-state index contributed by atoms with van der Waals surface area (Å²) >= 11 is 2.95. The zero-order valence-electron chi connectivity index (χ0n) is 47.1. The number of ether oxygens (including phenoxy) is 2. The third-order valence-corrected chi connectivity index (χ3v) is 15.9. The van der Waals surface area contributed by atoms with Gasteiger partial charge in [-0.3, -0.25) is 14.6 Å². The van der Waals surface area contributed by atoms with Gasteiger partial charge in [0, 0.05) is 54.9 Å². The molecule has 4 aromatic rings. The highest BCUT2D eigenvalue weighted by Gasteiger charge is 2.40. The number of esters is 1. The van der Waals surface area contributed by atoms with E-state index in [0.29, 0.717) is 31.7 Å². The number of rotatable bonds is 29. The van der Waals surface area contributed by atoms with Crippen molar-refractivity contribution in [3.05, 3.63) is 129 Å². The number of ketones is 1. The van der Waals surface area contributed by atoms with Gasteiger partial charge in [0.2, 0.25) is 5.91 Å². The molecular formula is C60H86N6O10S2. The van der Waals surface area contributed by atoms with Gasteiger partial charge in [0.1, 0.15) is 18.4 Å². The molecule has 428 valence electrons. The number of nitrogens with zero attached hydrogens (tertiary/aromatic N) is 3. The summed E-state index contributed by atoms with van der Waals surface area (Å²) in [5, 5.41) is 44.3. The maximum atomic E-state index is 13.9. The molecule has 1 aliphatic rings. The number of unbranched alkanes of at least 4 members (excludes halogenated alkanes) is 3. The van der Waals surface area contributed by atoms with Gasteiger partial charge in [0.15, 0.2) is 0 Å². The highest BCUT2D eigenvalue weighted by molar-refractivity contribution is 7.09. The Bertz CT molecular complexity index is 2470. The lowest BCUT2D eigenvalue weighted by atomic mass is 9.80. The van der Waals surface area contributed by atoms with Gasteiger partial charge in [-0.2, -0.15) is 0 Å². The van der Waals surface area contributed by atoms with E-state index in [9.17, 15) is 39.3 Å². The molecule has 2 aromatic carbocycles. The minimum absolute atomic E-state index is 0.0671. The second kappa shape index (κ2) is 33.6. The highest BCUT2D eigenvalue weighted by atomic mass is 32.1. The number of hydrogen-bond donors (Lipinski definition) is 6. The van der Waals surface area contributed by atoms with Crippen LogP contribution in [-0.4, -0.2) is 111 Å². The molecule has 0 radical (unpaired) electrons. The summed E-state index contributed by atoms with van der Waals surface area (Å²) in [4.78, 5) is 74.3. The van der Waals surface area contributed by atoms with Crippen LogP contribution in [0.4, 0.5) is 9.59 Å². The van der Waals surface area contributed by atoms with Gasteiger partial charge in [0.25, 0.3) is 0 Å². The first-order valence-electron chi connectivity index (χ1n) is 27.4. The molecule has 1 fully saturated rings. The Morgan fingerprint density at radius 2 is 1.60 bits per heavy atom. The molecular weight excluding hydrogens is 1030 g/mol. The number of carbonyl (C=O) groups excluding carboxylic acids is 5. The number of Topliss-reactive ketones (excluding diaryl/α,β-unsaturated/α-hetero) is 1. The fourth-order valence-electron chi connectivity index (χ4n) is 9.13. The molecule has 2 aromatic heterocycles. The van der Waals surface area contributed by atoms with E-state index in [-0.39, 0.29) is 66.3 Å². The summed E-state index contributed by atoms with van der Waals surface area (Å²) < 4.78 is 9.97. The SMILES string of the molecule is CC(C)c1nc(CN(C)C(=O)N[C@H](C(=O)N[C@@H](Cc2ccccc2)C[C@H](O)[C@H](Cc2ccccc2)NC(=O)OCc2cncs2)C(C)C)cs1.CCCCC(C)(C)[C@H](O)/C=C/[C@H]1[C@H](O)CC(=O)[C@@H]1CCCC/C=C/C(=O)OC. The molecule has 1 aliphatic carbocycles. The van der Waals surface area contributed by atoms with E-state index in [1.54, 1.807) is 42.2 Å². The molecule has 0 bridgehead atoms. The fraction of sp³-hybridized carbons (Fsp3) is 0.550. The Balaban J connectivity index is 0.000000397. The highest BCUT2D eigenvalue weighted by Crippen LogP contribution is 2.36. The molecule has 0 spiro atoms. The molecule has 0 saturated heterocycles. The zero-order valence-corrected chi connectivity index (χ0v) is 48.8. The second-order valence-corrected chi connectivity index (χ2v) is 23.5. The quantitative estimate of drug-likeness (QED) is 0.0129. The second-order valence-electron chi connectivity index (χ2n) is 21.6. The van der Waals surface area contributed by atoms with Gasteiger partial charge in [0.05, 0.1) is 59.1 Å². The number of thiazole rings is 2. The number of allylic oxidation sites excluding steroid dienone is 1. The lowest BCUT2D eigenvalue weighted by molar-refractivity contribution is -0.135. The van der Waals surface area contributed by atoms with E-state index < -0.39 is 42.5 Å². The van der Waals surface area contributed by atoms with Crippen LogP contribution in [0.1, 0.15) is 139 Å². The van der Waals surface area contributed by atoms with Gasteiger partial charge >= 0.3 is 18.1 Å². The summed E-state index contributed by atoms with van der Waals surface area (Å²) in [5.41, 5.74) is 4.13. The average molecular weight is 1120 g/mol. The number of aliphatic hydroxyl groups excluding tert-OH is 3. The van der Waals surface area contributed by atoms with Gasteiger partial charge in [-0.25, -0.2) is 19.4 Å². The maximum absolute atomic E-state index is 13.9. The monoisotopic (exact) mass is 1110 g/mol. The first-order chi connectivity index (χ1) is 37.2. The standard InChI is InChI=1S/C37H48N6O5S2.C23H38O5/c1-24(2)33(42-36(46)43(5)20-29-22-49-35(40-29)25(3)4)34(45)39-28(16-26-12-8-6-9-13-26)18-32(44)31(17-27-14-10-7-11-15-27)41-37(47)48-21-30-19-38-23-50-30;1-5-6-15-23(2,3)21(26)14-13-18-17(19(24)16-20(18)25)11-9-7-8-10-12-22(27)28-4/h6-15,19,22-25,28,31-33,44H,16-18,20-21H2,1-5H3,(H,39,45)(H,41,47)(H,42,46);10,12-14,17-18,20-21,25-26H,5-9,11,15-16H2,1-4H3/b;12-10+,14-13+/t28-,31-,32-,33-;17-,18-,20-,21-/m01/s1. The topological polar surface area (TPSA) is 230 Å². The van der Waals surface area contributed by atoms with Gasteiger partial charge in [-0.1, -0.05) is 147 Å². The van der Waals surface area contributed by atoms with Crippen LogP contribution in [0.5, 0.6) is 0 Å². The molecule has 2 heterocycles. The van der Waals surface area contributed by atoms with Crippen molar-refractivity contribution in [2.45, 2.75) is 175 Å². The minimum Gasteiger partial charge on any atom is -0.466 e. The number of urea groups is 1. The molecule has 18 heteroatoms. The summed E-state index contributed by atoms with van der Waals surface area (Å²) in [7, 11) is 3.02. The van der Waals surface area contributed by atoms with Crippen LogP contribution in [-0.2, 0) is 49.9 Å². The molecule has 4 amide bonds. The Labute approximate surface area is 470 Å². The number of aliphatic hydroxyl groups is 3. The van der Waals surface area contributed by atoms with Crippen molar-refractivity contribution in [1.82, 2.24) is 30.8 Å². The van der Waals surface area contributed by atoms with Crippen molar-refractivity contribution in [2.24, 2.45) is 23.2 Å². The average Bonchev–Trinajstić information content (AvgIpc) is 4.19. The Hall–Kier alpha value is -5.79. The minimum atomic E-state index is -1.05. The van der Waals surface area contributed by atoms with Crippen molar-refractivity contribution < 1.29 is 48.8 Å². The lowest BCUT2D eigenvalue weighted by Crippen LogP contribution is -2.55. The predicted octanol–water partition coefficient (Wildman–Crippen LogP) is 9.88. The molecule has 6 N–H and O–H groups in total. The van der Waals surface area contributed by atoms with E-state index >= 15 is 0 Å². The van der Waals surface area contributed by atoms with Crippen LogP contribution in [0, 0.1) is 23.2 Å². The predicted molar refractivity (Wildman–Crippen MR) is 308 cm³/mol. The number of methoxy groups -OCH3 is 1. The number of amides is 4. The van der Waals surface area contributed by atoms with Crippen molar-refractivity contribution in [3.63, 3.8) is 0 Å². The molecule has 0 unspecified atom stereocenters. The van der Waals surface area contributed by atoms with Crippen LogP contribution in [0.15, 0.2) is 102 Å². The van der Waals surface area contributed by atoms with E-state index in [1.165, 1.54) is 29.4 Å². The molecule has 16 nitrogen and oxygen atoms in total. The third-order valence-electron chi connectivity index (χ3n) is 13.9.